The molecule has 3 rings (SSSR count). The second-order valence-electron chi connectivity index (χ2n) is 6.92. The molecule has 1 aromatic rings. The van der Waals surface area contributed by atoms with Crippen LogP contribution in [0.2, 0.25) is 0 Å². The van der Waals surface area contributed by atoms with E-state index in [0.717, 1.165) is 5.56 Å². The van der Waals surface area contributed by atoms with Crippen molar-refractivity contribution in [1.82, 2.24) is 4.90 Å². The number of carbonyl (C=O) groups excluding carboxylic acids is 1. The van der Waals surface area contributed by atoms with Crippen LogP contribution in [0.1, 0.15) is 74.6 Å². The van der Waals surface area contributed by atoms with Gasteiger partial charge in [0.2, 0.25) is 0 Å². The van der Waals surface area contributed by atoms with E-state index in [1.807, 2.05) is 24.3 Å². The first kappa shape index (κ1) is 15.4. The van der Waals surface area contributed by atoms with Crippen LogP contribution in [0.4, 0.5) is 5.69 Å². The number of rotatable bonds is 3. The summed E-state index contributed by atoms with van der Waals surface area (Å²) in [6, 6.07) is 8.36. The average Bonchev–Trinajstić information content (AvgIpc) is 2.57. The molecule has 1 aromatic carbocycles. The summed E-state index contributed by atoms with van der Waals surface area (Å²) in [5.74, 6) is 0.200. The van der Waals surface area contributed by atoms with Crippen molar-refractivity contribution in [3.63, 3.8) is 0 Å². The molecule has 0 bridgehead atoms. The van der Waals surface area contributed by atoms with E-state index in [1.165, 1.54) is 64.2 Å². The molecule has 0 unspecified atom stereocenters. The summed E-state index contributed by atoms with van der Waals surface area (Å²) in [5.41, 5.74) is 7.32. The summed E-state index contributed by atoms with van der Waals surface area (Å²) in [6.45, 7) is 0. The zero-order valence-electron chi connectivity index (χ0n) is 13.5. The van der Waals surface area contributed by atoms with Crippen LogP contribution in [-0.2, 0) is 0 Å². The first-order valence-corrected chi connectivity index (χ1v) is 8.94. The zero-order valence-corrected chi connectivity index (χ0v) is 13.5. The maximum absolute atomic E-state index is 13.2. The molecule has 3 nitrogen and oxygen atoms in total. The fraction of sp³-hybridized carbons (Fsp3) is 0.632. The first-order valence-electron chi connectivity index (χ1n) is 8.94. The molecule has 2 saturated carbocycles. The van der Waals surface area contributed by atoms with Crippen LogP contribution < -0.4 is 5.73 Å². The number of nitrogens with two attached hydrogens (primary N) is 1. The SMILES string of the molecule is Nc1cccc(C(=O)N(C2CCCCC2)C2CCCCC2)c1. The maximum Gasteiger partial charge on any atom is 0.254 e. The molecule has 3 heteroatoms. The van der Waals surface area contributed by atoms with Crippen LogP contribution in [0.5, 0.6) is 0 Å². The van der Waals surface area contributed by atoms with Gasteiger partial charge in [-0.15, -0.1) is 0 Å². The highest BCUT2D eigenvalue weighted by molar-refractivity contribution is 5.95. The Hall–Kier alpha value is -1.51. The summed E-state index contributed by atoms with van der Waals surface area (Å²) in [4.78, 5) is 15.4. The minimum atomic E-state index is 0.200. The van der Waals surface area contributed by atoms with Crippen LogP contribution in [0.3, 0.4) is 0 Å². The fourth-order valence-electron chi connectivity index (χ4n) is 4.17. The second-order valence-corrected chi connectivity index (χ2v) is 6.92. The third-order valence-electron chi connectivity index (χ3n) is 5.30. The zero-order chi connectivity index (χ0) is 15.4. The predicted molar refractivity (Wildman–Crippen MR) is 90.8 cm³/mol. The highest BCUT2D eigenvalue weighted by Crippen LogP contribution is 2.31. The molecule has 0 heterocycles. The Morgan fingerprint density at radius 1 is 0.909 bits per heavy atom. The van der Waals surface area contributed by atoms with Crippen molar-refractivity contribution in [2.24, 2.45) is 0 Å². The third-order valence-corrected chi connectivity index (χ3v) is 5.30. The summed E-state index contributed by atoms with van der Waals surface area (Å²) in [7, 11) is 0. The van der Waals surface area contributed by atoms with Crippen LogP contribution >= 0.6 is 0 Å². The van der Waals surface area contributed by atoms with Gasteiger partial charge in [0.1, 0.15) is 0 Å². The molecule has 120 valence electrons. The van der Waals surface area contributed by atoms with Crippen LogP contribution in [0.25, 0.3) is 0 Å². The smallest absolute Gasteiger partial charge is 0.254 e. The Bertz CT molecular complexity index is 484. The molecule has 2 fully saturated rings. The average molecular weight is 300 g/mol. The van der Waals surface area contributed by atoms with Gasteiger partial charge in [0.15, 0.2) is 0 Å². The lowest BCUT2D eigenvalue weighted by Gasteiger charge is -2.42. The number of amides is 1. The van der Waals surface area contributed by atoms with Gasteiger partial charge in [-0.05, 0) is 43.9 Å². The largest absolute Gasteiger partial charge is 0.399 e. The fourth-order valence-corrected chi connectivity index (χ4v) is 4.17. The van der Waals surface area contributed by atoms with Gasteiger partial charge in [0.05, 0.1) is 0 Å². The lowest BCUT2D eigenvalue weighted by molar-refractivity contribution is 0.0448. The second kappa shape index (κ2) is 7.17. The summed E-state index contributed by atoms with van der Waals surface area (Å²) < 4.78 is 0. The number of benzene rings is 1. The van der Waals surface area contributed by atoms with Crippen molar-refractivity contribution in [2.75, 3.05) is 5.73 Å². The molecule has 2 aliphatic carbocycles. The molecule has 2 aliphatic rings. The molecule has 0 aromatic heterocycles. The Balaban J connectivity index is 1.84. The van der Waals surface area contributed by atoms with E-state index >= 15 is 0 Å². The van der Waals surface area contributed by atoms with Crippen molar-refractivity contribution in [3.8, 4) is 0 Å². The molecule has 0 aliphatic heterocycles. The molecule has 1 amide bonds. The topological polar surface area (TPSA) is 46.3 Å². The molecule has 0 radical (unpaired) electrons. The minimum absolute atomic E-state index is 0.200. The molecule has 22 heavy (non-hydrogen) atoms. The van der Waals surface area contributed by atoms with Crippen LogP contribution in [-0.4, -0.2) is 22.9 Å². The number of nitrogen functional groups attached to an aromatic ring is 1. The van der Waals surface area contributed by atoms with Gasteiger partial charge < -0.3 is 10.6 Å². The van der Waals surface area contributed by atoms with Gasteiger partial charge in [-0.25, -0.2) is 0 Å². The minimum Gasteiger partial charge on any atom is -0.399 e. The first-order chi connectivity index (χ1) is 10.8. The highest BCUT2D eigenvalue weighted by Gasteiger charge is 2.32. The van der Waals surface area contributed by atoms with Crippen molar-refractivity contribution in [1.29, 1.82) is 0 Å². The normalized spacial score (nSPS) is 20.7. The van der Waals surface area contributed by atoms with Crippen molar-refractivity contribution >= 4 is 11.6 Å². The number of hydrogen-bond donors (Lipinski definition) is 1. The molecule has 0 spiro atoms. The quantitative estimate of drug-likeness (QED) is 0.842. The summed E-state index contributed by atoms with van der Waals surface area (Å²) >= 11 is 0. The number of hydrogen-bond acceptors (Lipinski definition) is 2. The molecule has 2 N–H and O–H groups in total. The number of anilines is 1. The van der Waals surface area contributed by atoms with Crippen molar-refractivity contribution < 1.29 is 4.79 Å². The predicted octanol–water partition coefficient (Wildman–Crippen LogP) is 4.38. The molecular weight excluding hydrogens is 272 g/mol. The Morgan fingerprint density at radius 2 is 1.45 bits per heavy atom. The third kappa shape index (κ3) is 3.45. The van der Waals surface area contributed by atoms with E-state index in [2.05, 4.69) is 4.90 Å². The van der Waals surface area contributed by atoms with Gasteiger partial charge in [-0.2, -0.15) is 0 Å². The van der Waals surface area contributed by atoms with E-state index in [0.29, 0.717) is 17.8 Å². The van der Waals surface area contributed by atoms with Gasteiger partial charge in [0.25, 0.3) is 5.91 Å². The maximum atomic E-state index is 13.2. The highest BCUT2D eigenvalue weighted by atomic mass is 16.2. The van der Waals surface area contributed by atoms with E-state index < -0.39 is 0 Å². The molecule has 0 atom stereocenters. The van der Waals surface area contributed by atoms with E-state index in [9.17, 15) is 4.79 Å². The monoisotopic (exact) mass is 300 g/mol. The Labute approximate surface area is 133 Å². The summed E-state index contributed by atoms with van der Waals surface area (Å²) in [6.07, 6.45) is 12.4. The molecule has 0 saturated heterocycles. The van der Waals surface area contributed by atoms with Crippen LogP contribution in [0.15, 0.2) is 24.3 Å². The lowest BCUT2D eigenvalue weighted by atomic mass is 9.88. The van der Waals surface area contributed by atoms with E-state index in [4.69, 9.17) is 5.73 Å². The van der Waals surface area contributed by atoms with Crippen molar-refractivity contribution in [3.05, 3.63) is 29.8 Å². The Morgan fingerprint density at radius 3 is 1.95 bits per heavy atom. The standard InChI is InChI=1S/C19H28N2O/c20-16-9-7-8-15(14-16)19(22)21(17-10-3-1-4-11-17)18-12-5-2-6-13-18/h7-9,14,17-18H,1-6,10-13,20H2. The van der Waals surface area contributed by atoms with Crippen molar-refractivity contribution in [2.45, 2.75) is 76.3 Å². The van der Waals surface area contributed by atoms with Gasteiger partial charge in [-0.1, -0.05) is 44.6 Å². The van der Waals surface area contributed by atoms with Gasteiger partial charge in [-0.3, -0.25) is 4.79 Å². The lowest BCUT2D eigenvalue weighted by Crippen LogP contribution is -2.48. The summed E-state index contributed by atoms with van der Waals surface area (Å²) in [5, 5.41) is 0. The van der Waals surface area contributed by atoms with E-state index in [1.54, 1.807) is 0 Å². The van der Waals surface area contributed by atoms with E-state index in [-0.39, 0.29) is 5.91 Å². The van der Waals surface area contributed by atoms with Gasteiger partial charge in [0, 0.05) is 23.3 Å². The van der Waals surface area contributed by atoms with Crippen LogP contribution in [0, 0.1) is 0 Å². The van der Waals surface area contributed by atoms with Gasteiger partial charge >= 0.3 is 0 Å². The Kier molecular flexibility index (Phi) is 5.01. The number of nitrogens with zero attached hydrogens (tertiary/aromatic N) is 1. The number of carbonyl (C=O) groups is 1. The molecular formula is C19H28N2O.